The number of fused-ring (bicyclic) bond motifs is 1. The summed E-state index contributed by atoms with van der Waals surface area (Å²) in [5, 5.41) is 10.4. The molecule has 0 bridgehead atoms. The van der Waals surface area contributed by atoms with Crippen LogP contribution < -0.4 is 4.74 Å². The Labute approximate surface area is 139 Å². The summed E-state index contributed by atoms with van der Waals surface area (Å²) < 4.78 is 21.2. The third-order valence-electron chi connectivity index (χ3n) is 3.81. The maximum Gasteiger partial charge on any atom is 0.349 e. The van der Waals surface area contributed by atoms with Crippen LogP contribution in [0.4, 0.5) is 0 Å². The molecule has 0 amide bonds. The molecule has 130 valence electrons. The number of methoxy groups -OCH3 is 1. The van der Waals surface area contributed by atoms with Crippen molar-refractivity contribution in [3.63, 3.8) is 0 Å². The largest absolute Gasteiger partial charge is 0.507 e. The summed E-state index contributed by atoms with van der Waals surface area (Å²) in [7, 11) is -2.75. The van der Waals surface area contributed by atoms with E-state index in [0.29, 0.717) is 22.4 Å². The first-order chi connectivity index (χ1) is 11.2. The molecule has 0 saturated carbocycles. The van der Waals surface area contributed by atoms with Crippen molar-refractivity contribution in [3.05, 3.63) is 45.8 Å². The van der Waals surface area contributed by atoms with Gasteiger partial charge >= 0.3 is 13.6 Å². The summed E-state index contributed by atoms with van der Waals surface area (Å²) >= 11 is 0. The van der Waals surface area contributed by atoms with E-state index in [-0.39, 0.29) is 24.3 Å². The molecule has 0 fully saturated rings. The molecular formula is C16H19O7P. The third kappa shape index (κ3) is 3.70. The second-order valence-electron chi connectivity index (χ2n) is 5.47. The van der Waals surface area contributed by atoms with E-state index in [4.69, 9.17) is 19.3 Å². The van der Waals surface area contributed by atoms with Gasteiger partial charge in [0.2, 0.25) is 0 Å². The summed E-state index contributed by atoms with van der Waals surface area (Å²) in [5.41, 5.74) is 2.51. The Morgan fingerprint density at radius 1 is 1.42 bits per heavy atom. The van der Waals surface area contributed by atoms with Gasteiger partial charge in [-0.15, -0.1) is 0 Å². The fraction of sp³-hybridized carbons (Fsp3) is 0.312. The highest BCUT2D eigenvalue weighted by Crippen LogP contribution is 2.42. The maximum absolute atomic E-state index is 11.8. The van der Waals surface area contributed by atoms with Crippen molar-refractivity contribution >= 4 is 13.6 Å². The summed E-state index contributed by atoms with van der Waals surface area (Å²) in [5.74, 6) is 0.517. The van der Waals surface area contributed by atoms with E-state index in [0.717, 1.165) is 11.4 Å². The Balaban J connectivity index is 2.42. The van der Waals surface area contributed by atoms with Crippen LogP contribution in [0.15, 0.2) is 23.5 Å². The van der Waals surface area contributed by atoms with Gasteiger partial charge < -0.3 is 24.4 Å². The van der Waals surface area contributed by atoms with Crippen LogP contribution in [-0.4, -0.2) is 28.0 Å². The Bertz CT molecular complexity index is 786. The van der Waals surface area contributed by atoms with Gasteiger partial charge in [0.25, 0.3) is 0 Å². The second kappa shape index (κ2) is 6.81. The van der Waals surface area contributed by atoms with Gasteiger partial charge in [0.1, 0.15) is 23.7 Å². The second-order valence-corrected chi connectivity index (χ2v) is 6.95. The Morgan fingerprint density at radius 3 is 2.67 bits per heavy atom. The minimum atomic E-state index is -4.22. The molecular weight excluding hydrogens is 335 g/mol. The molecule has 0 atom stereocenters. The first-order valence-electron chi connectivity index (χ1n) is 7.15. The minimum Gasteiger partial charge on any atom is -0.507 e. The van der Waals surface area contributed by atoms with E-state index in [9.17, 15) is 14.5 Å². The Kier molecular flexibility index (Phi) is 5.18. The van der Waals surface area contributed by atoms with Crippen LogP contribution in [-0.2, 0) is 22.3 Å². The fourth-order valence-electron chi connectivity index (χ4n) is 2.57. The molecule has 1 aromatic rings. The number of aromatic hydroxyl groups is 1. The molecule has 1 heterocycles. The van der Waals surface area contributed by atoms with Gasteiger partial charge in [0, 0.05) is 16.9 Å². The number of phenolic OH excluding ortho intramolecular Hbond substituents is 1. The normalized spacial score (nSPS) is 14.9. The van der Waals surface area contributed by atoms with Crippen LogP contribution in [0.1, 0.15) is 34.0 Å². The molecule has 1 aliphatic rings. The van der Waals surface area contributed by atoms with Crippen LogP contribution in [0, 0.1) is 6.92 Å². The Hall–Kier alpha value is -2.08. The number of cyclic esters (lactones) is 1. The first-order valence-corrected chi connectivity index (χ1v) is 8.83. The molecule has 8 heteroatoms. The van der Waals surface area contributed by atoms with E-state index in [1.165, 1.54) is 13.2 Å². The molecule has 0 aromatic heterocycles. The molecule has 0 aliphatic carbocycles. The van der Waals surface area contributed by atoms with Gasteiger partial charge in [-0.05, 0) is 25.8 Å². The lowest BCUT2D eigenvalue weighted by Crippen LogP contribution is -2.03. The van der Waals surface area contributed by atoms with Crippen molar-refractivity contribution in [1.29, 1.82) is 0 Å². The third-order valence-corrected chi connectivity index (χ3v) is 4.34. The van der Waals surface area contributed by atoms with Crippen molar-refractivity contribution in [1.82, 2.24) is 0 Å². The number of allylic oxidation sites excluding steroid dienone is 3. The number of phenols is 1. The molecule has 2 rings (SSSR count). The van der Waals surface area contributed by atoms with Crippen LogP contribution in [0.25, 0.3) is 0 Å². The molecule has 0 saturated heterocycles. The van der Waals surface area contributed by atoms with E-state index < -0.39 is 13.6 Å². The van der Waals surface area contributed by atoms with Gasteiger partial charge in [-0.1, -0.05) is 17.7 Å². The zero-order chi connectivity index (χ0) is 18.1. The smallest absolute Gasteiger partial charge is 0.349 e. The van der Waals surface area contributed by atoms with E-state index in [2.05, 4.69) is 0 Å². The van der Waals surface area contributed by atoms with Gasteiger partial charge in [-0.2, -0.15) is 0 Å². The van der Waals surface area contributed by atoms with E-state index >= 15 is 0 Å². The zero-order valence-corrected chi connectivity index (χ0v) is 14.5. The number of carbonyl (C=O) groups is 1. The number of benzene rings is 1. The molecule has 7 nitrogen and oxygen atoms in total. The van der Waals surface area contributed by atoms with Gasteiger partial charge in [0.15, 0.2) is 0 Å². The molecule has 0 unspecified atom stereocenters. The fourth-order valence-corrected chi connectivity index (χ4v) is 3.00. The molecule has 3 N–H and O–H groups in total. The monoisotopic (exact) mass is 354 g/mol. The van der Waals surface area contributed by atoms with Crippen molar-refractivity contribution in [3.8, 4) is 11.5 Å². The average Bonchev–Trinajstić information content (AvgIpc) is 2.89. The number of carbonyl (C=O) groups excluding carboxylic acids is 1. The summed E-state index contributed by atoms with van der Waals surface area (Å²) in [4.78, 5) is 29.5. The highest BCUT2D eigenvalue weighted by atomic mass is 31.2. The lowest BCUT2D eigenvalue weighted by Gasteiger charge is -2.15. The quantitative estimate of drug-likeness (QED) is 0.423. The van der Waals surface area contributed by atoms with Gasteiger partial charge in [0.05, 0.1) is 7.11 Å². The minimum absolute atomic E-state index is 0.101. The van der Waals surface area contributed by atoms with Crippen LogP contribution in [0.5, 0.6) is 11.5 Å². The van der Waals surface area contributed by atoms with Crippen LogP contribution in [0.2, 0.25) is 0 Å². The van der Waals surface area contributed by atoms with Crippen molar-refractivity contribution in [2.24, 2.45) is 0 Å². The SMILES string of the molecule is COc1c(C)c2c(c(O)c1CC=C(C)/C=C/P(=O)(O)O)C(=O)OC2. The highest BCUT2D eigenvalue weighted by molar-refractivity contribution is 7.55. The molecule has 1 aromatic carbocycles. The van der Waals surface area contributed by atoms with Crippen molar-refractivity contribution in [2.45, 2.75) is 26.9 Å². The summed E-state index contributed by atoms with van der Waals surface area (Å²) in [6, 6.07) is 0. The van der Waals surface area contributed by atoms with E-state index in [1.807, 2.05) is 0 Å². The number of rotatable bonds is 5. The van der Waals surface area contributed by atoms with E-state index in [1.54, 1.807) is 19.9 Å². The zero-order valence-electron chi connectivity index (χ0n) is 13.6. The predicted octanol–water partition coefficient (Wildman–Crippen LogP) is 2.56. The van der Waals surface area contributed by atoms with Crippen molar-refractivity contribution < 1.29 is 33.7 Å². The number of esters is 1. The number of hydrogen-bond acceptors (Lipinski definition) is 5. The molecule has 0 spiro atoms. The first kappa shape index (κ1) is 18.3. The molecule has 1 aliphatic heterocycles. The van der Waals surface area contributed by atoms with Crippen LogP contribution >= 0.6 is 7.60 Å². The lowest BCUT2D eigenvalue weighted by molar-refractivity contribution is 0.0533. The standard InChI is InChI=1S/C16H19O7P/c1-9(6-7-24(19,20)21)4-5-11-14(17)13-12(8-23-16(13)18)10(2)15(11)22-3/h4,6-7,17H,5,8H2,1-3H3,(H2,19,20,21)/b7-6+,9-4?. The van der Waals surface area contributed by atoms with Crippen molar-refractivity contribution in [2.75, 3.05) is 7.11 Å². The van der Waals surface area contributed by atoms with Gasteiger partial charge in [-0.3, -0.25) is 4.57 Å². The highest BCUT2D eigenvalue weighted by Gasteiger charge is 2.31. The lowest BCUT2D eigenvalue weighted by atomic mass is 9.95. The van der Waals surface area contributed by atoms with Crippen LogP contribution in [0.3, 0.4) is 0 Å². The topological polar surface area (TPSA) is 113 Å². The summed E-state index contributed by atoms with van der Waals surface area (Å²) in [6.07, 6.45) is 3.21. The molecule has 0 radical (unpaired) electrons. The van der Waals surface area contributed by atoms with Gasteiger partial charge in [-0.25, -0.2) is 4.79 Å². The Morgan fingerprint density at radius 2 is 2.08 bits per heavy atom. The summed E-state index contributed by atoms with van der Waals surface area (Å²) in [6.45, 7) is 3.56. The number of ether oxygens (including phenoxy) is 2. The average molecular weight is 354 g/mol. The number of hydrogen-bond donors (Lipinski definition) is 3. The predicted molar refractivity (Wildman–Crippen MR) is 87.2 cm³/mol. The molecule has 24 heavy (non-hydrogen) atoms. The maximum atomic E-state index is 11.8.